The van der Waals surface area contributed by atoms with Gasteiger partial charge in [-0.1, -0.05) is 0 Å². The summed E-state index contributed by atoms with van der Waals surface area (Å²) in [6.07, 6.45) is 2.95. The molecule has 1 aliphatic carbocycles. The second-order valence-corrected chi connectivity index (χ2v) is 4.60. The molecule has 1 saturated carbocycles. The molecule has 0 atom stereocenters. The highest BCUT2D eigenvalue weighted by Crippen LogP contribution is 2.38. The molecular formula is C12H14N2O3. The molecule has 1 fully saturated rings. The van der Waals surface area contributed by atoms with Crippen LogP contribution in [0.25, 0.3) is 0 Å². The maximum absolute atomic E-state index is 10.9. The van der Waals surface area contributed by atoms with Gasteiger partial charge in [0.25, 0.3) is 0 Å². The van der Waals surface area contributed by atoms with Gasteiger partial charge in [-0.3, -0.25) is 4.79 Å². The SMILES string of the molecule is O=C(O)Cc1nc(C2CC2)nc2c1CCOC2. The maximum Gasteiger partial charge on any atom is 0.309 e. The normalized spacial score (nSPS) is 18.8. The first-order valence-electron chi connectivity index (χ1n) is 5.92. The number of fused-ring (bicyclic) bond motifs is 1. The number of aliphatic carboxylic acids is 1. The smallest absolute Gasteiger partial charge is 0.309 e. The van der Waals surface area contributed by atoms with Crippen LogP contribution in [0.2, 0.25) is 0 Å². The van der Waals surface area contributed by atoms with Crippen molar-refractivity contribution < 1.29 is 14.6 Å². The first kappa shape index (κ1) is 10.7. The van der Waals surface area contributed by atoms with Crippen LogP contribution in [0.5, 0.6) is 0 Å². The van der Waals surface area contributed by atoms with E-state index in [1.807, 2.05) is 0 Å². The zero-order valence-electron chi connectivity index (χ0n) is 9.48. The summed E-state index contributed by atoms with van der Waals surface area (Å²) in [7, 11) is 0. The predicted octanol–water partition coefficient (Wildman–Crippen LogP) is 1.05. The third-order valence-corrected chi connectivity index (χ3v) is 3.19. The van der Waals surface area contributed by atoms with Gasteiger partial charge < -0.3 is 9.84 Å². The van der Waals surface area contributed by atoms with Crippen molar-refractivity contribution in [3.63, 3.8) is 0 Å². The summed E-state index contributed by atoms with van der Waals surface area (Å²) in [5.41, 5.74) is 2.57. The monoisotopic (exact) mass is 234 g/mol. The number of ether oxygens (including phenoxy) is 1. The topological polar surface area (TPSA) is 72.3 Å². The van der Waals surface area contributed by atoms with Crippen LogP contribution in [-0.4, -0.2) is 27.7 Å². The minimum absolute atomic E-state index is 0.00935. The molecular weight excluding hydrogens is 220 g/mol. The number of rotatable bonds is 3. The molecule has 0 saturated heterocycles. The standard InChI is InChI=1S/C12H14N2O3/c15-11(16)5-9-8-3-4-17-6-10(8)14-12(13-9)7-1-2-7/h7H,1-6H2,(H,15,16). The Kier molecular flexibility index (Phi) is 2.55. The number of carbonyl (C=O) groups is 1. The average molecular weight is 234 g/mol. The zero-order chi connectivity index (χ0) is 11.8. The Hall–Kier alpha value is -1.49. The van der Waals surface area contributed by atoms with Crippen molar-refractivity contribution >= 4 is 5.97 Å². The van der Waals surface area contributed by atoms with Crippen LogP contribution in [0.3, 0.4) is 0 Å². The molecule has 2 aliphatic rings. The molecule has 17 heavy (non-hydrogen) atoms. The lowest BCUT2D eigenvalue weighted by atomic mass is 10.0. The number of carboxylic acids is 1. The lowest BCUT2D eigenvalue weighted by Gasteiger charge is -2.18. The summed E-state index contributed by atoms with van der Waals surface area (Å²) in [6.45, 7) is 1.12. The van der Waals surface area contributed by atoms with E-state index in [2.05, 4.69) is 9.97 Å². The fourth-order valence-corrected chi connectivity index (χ4v) is 2.17. The Bertz CT molecular complexity index is 469. The van der Waals surface area contributed by atoms with Crippen molar-refractivity contribution in [1.82, 2.24) is 9.97 Å². The van der Waals surface area contributed by atoms with E-state index in [1.165, 1.54) is 0 Å². The van der Waals surface area contributed by atoms with E-state index in [1.54, 1.807) is 0 Å². The van der Waals surface area contributed by atoms with Crippen LogP contribution in [0.1, 0.15) is 41.5 Å². The van der Waals surface area contributed by atoms with Gasteiger partial charge in [0, 0.05) is 11.5 Å². The highest BCUT2D eigenvalue weighted by atomic mass is 16.5. The summed E-state index contributed by atoms with van der Waals surface area (Å²) in [6, 6.07) is 0. The van der Waals surface area contributed by atoms with Crippen LogP contribution in [0, 0.1) is 0 Å². The van der Waals surface area contributed by atoms with Crippen molar-refractivity contribution in [2.45, 2.75) is 38.2 Å². The van der Waals surface area contributed by atoms with Gasteiger partial charge in [-0.15, -0.1) is 0 Å². The molecule has 0 radical (unpaired) electrons. The fourth-order valence-electron chi connectivity index (χ4n) is 2.17. The van der Waals surface area contributed by atoms with Crippen LogP contribution in [-0.2, 0) is 29.0 Å². The van der Waals surface area contributed by atoms with Crippen LogP contribution in [0.4, 0.5) is 0 Å². The van der Waals surface area contributed by atoms with Gasteiger partial charge in [-0.05, 0) is 19.3 Å². The third kappa shape index (κ3) is 2.15. The fraction of sp³-hybridized carbons (Fsp3) is 0.583. The number of carboxylic acid groups (broad SMARTS) is 1. The highest BCUT2D eigenvalue weighted by Gasteiger charge is 2.29. The number of hydrogen-bond acceptors (Lipinski definition) is 4. The molecule has 5 nitrogen and oxygen atoms in total. The number of hydrogen-bond donors (Lipinski definition) is 1. The molecule has 90 valence electrons. The van der Waals surface area contributed by atoms with Crippen LogP contribution in [0.15, 0.2) is 0 Å². The Labute approximate surface area is 98.8 Å². The van der Waals surface area contributed by atoms with Gasteiger partial charge in [0.15, 0.2) is 0 Å². The molecule has 0 amide bonds. The molecule has 0 bridgehead atoms. The van der Waals surface area contributed by atoms with E-state index >= 15 is 0 Å². The highest BCUT2D eigenvalue weighted by molar-refractivity contribution is 5.70. The van der Waals surface area contributed by atoms with Gasteiger partial charge in [0.05, 0.1) is 31.0 Å². The van der Waals surface area contributed by atoms with Gasteiger partial charge in [-0.2, -0.15) is 0 Å². The van der Waals surface area contributed by atoms with E-state index < -0.39 is 5.97 Å². The van der Waals surface area contributed by atoms with Crippen molar-refractivity contribution in [3.8, 4) is 0 Å². The summed E-state index contributed by atoms with van der Waals surface area (Å²) < 4.78 is 5.37. The summed E-state index contributed by atoms with van der Waals surface area (Å²) in [4.78, 5) is 19.8. The van der Waals surface area contributed by atoms with Gasteiger partial charge in [0.1, 0.15) is 5.82 Å². The summed E-state index contributed by atoms with van der Waals surface area (Å²) in [5, 5.41) is 8.92. The van der Waals surface area contributed by atoms with Crippen LogP contribution < -0.4 is 0 Å². The zero-order valence-corrected chi connectivity index (χ0v) is 9.48. The van der Waals surface area contributed by atoms with Crippen LogP contribution >= 0.6 is 0 Å². The number of nitrogens with zero attached hydrogens (tertiary/aromatic N) is 2. The van der Waals surface area contributed by atoms with Gasteiger partial charge in [0.2, 0.25) is 0 Å². The van der Waals surface area contributed by atoms with E-state index in [0.29, 0.717) is 24.8 Å². The second kappa shape index (κ2) is 4.07. The number of aromatic nitrogens is 2. The molecule has 2 heterocycles. The third-order valence-electron chi connectivity index (χ3n) is 3.19. The lowest BCUT2D eigenvalue weighted by Crippen LogP contribution is -2.19. The Morgan fingerprint density at radius 2 is 2.24 bits per heavy atom. The largest absolute Gasteiger partial charge is 0.481 e. The molecule has 0 unspecified atom stereocenters. The van der Waals surface area contributed by atoms with Crippen molar-refractivity contribution in [2.24, 2.45) is 0 Å². The molecule has 1 aromatic heterocycles. The molecule has 1 aliphatic heterocycles. The molecule has 1 N–H and O–H groups in total. The van der Waals surface area contributed by atoms with Crippen molar-refractivity contribution in [2.75, 3.05) is 6.61 Å². The van der Waals surface area contributed by atoms with E-state index in [9.17, 15) is 4.79 Å². The van der Waals surface area contributed by atoms with Gasteiger partial charge >= 0.3 is 5.97 Å². The first-order valence-corrected chi connectivity index (χ1v) is 5.92. The molecule has 0 aromatic carbocycles. The minimum atomic E-state index is -0.834. The Morgan fingerprint density at radius 1 is 1.41 bits per heavy atom. The minimum Gasteiger partial charge on any atom is -0.481 e. The molecule has 3 rings (SSSR count). The molecule has 0 spiro atoms. The first-order chi connectivity index (χ1) is 8.24. The van der Waals surface area contributed by atoms with Crippen molar-refractivity contribution in [3.05, 3.63) is 22.8 Å². The second-order valence-electron chi connectivity index (χ2n) is 4.60. The summed E-state index contributed by atoms with van der Waals surface area (Å²) >= 11 is 0. The Morgan fingerprint density at radius 3 is 2.94 bits per heavy atom. The lowest BCUT2D eigenvalue weighted by molar-refractivity contribution is -0.136. The van der Waals surface area contributed by atoms with E-state index in [-0.39, 0.29) is 6.42 Å². The molecule has 1 aromatic rings. The predicted molar refractivity (Wildman–Crippen MR) is 58.7 cm³/mol. The quantitative estimate of drug-likeness (QED) is 0.846. The maximum atomic E-state index is 10.9. The van der Waals surface area contributed by atoms with E-state index in [4.69, 9.17) is 9.84 Å². The van der Waals surface area contributed by atoms with Gasteiger partial charge in [-0.25, -0.2) is 9.97 Å². The Balaban J connectivity index is 2.02. The summed E-state index contributed by atoms with van der Waals surface area (Å²) in [5.74, 6) is 0.416. The average Bonchev–Trinajstić information content (AvgIpc) is 3.12. The van der Waals surface area contributed by atoms with Crippen molar-refractivity contribution in [1.29, 1.82) is 0 Å². The van der Waals surface area contributed by atoms with E-state index in [0.717, 1.165) is 36.3 Å². The molecule has 5 heteroatoms.